The maximum atomic E-state index is 13.4. The highest BCUT2D eigenvalue weighted by Gasteiger charge is 2.23. The molecule has 0 aliphatic carbocycles. The summed E-state index contributed by atoms with van der Waals surface area (Å²) >= 11 is 6.24. The zero-order valence-electron chi connectivity index (χ0n) is 18.2. The Morgan fingerprint density at radius 1 is 1.22 bits per heavy atom. The molecular formula is C22H27ClFIN6O. The van der Waals surface area contributed by atoms with Crippen LogP contribution in [0.1, 0.15) is 32.2 Å². The molecule has 0 aliphatic heterocycles. The van der Waals surface area contributed by atoms with Gasteiger partial charge < -0.3 is 15.2 Å². The molecule has 3 aromatic rings. The minimum absolute atomic E-state index is 0. The topological polar surface area (TPSA) is 88.2 Å². The maximum Gasteiger partial charge on any atom is 0.276 e. The van der Waals surface area contributed by atoms with E-state index < -0.39 is 0 Å². The van der Waals surface area contributed by atoms with Gasteiger partial charge in [-0.3, -0.25) is 9.98 Å². The van der Waals surface area contributed by atoms with Crippen molar-refractivity contribution in [2.75, 3.05) is 19.6 Å². The molecule has 0 radical (unpaired) electrons. The van der Waals surface area contributed by atoms with Gasteiger partial charge in [-0.05, 0) is 36.8 Å². The molecule has 0 amide bonds. The van der Waals surface area contributed by atoms with Crippen molar-refractivity contribution in [1.29, 1.82) is 0 Å². The molecule has 1 aromatic carbocycles. The average molecular weight is 573 g/mol. The third-order valence-electron chi connectivity index (χ3n) is 4.63. The molecule has 2 N–H and O–H groups in total. The lowest BCUT2D eigenvalue weighted by atomic mass is 9.84. The van der Waals surface area contributed by atoms with Gasteiger partial charge in [0.15, 0.2) is 11.8 Å². The highest BCUT2D eigenvalue weighted by Crippen LogP contribution is 2.30. The van der Waals surface area contributed by atoms with E-state index in [1.165, 1.54) is 12.1 Å². The first-order valence-corrected chi connectivity index (χ1v) is 10.5. The first-order valence-electron chi connectivity index (χ1n) is 10.1. The molecule has 0 bridgehead atoms. The Labute approximate surface area is 209 Å². The van der Waals surface area contributed by atoms with Crippen molar-refractivity contribution < 1.29 is 8.91 Å². The predicted molar refractivity (Wildman–Crippen MR) is 135 cm³/mol. The number of rotatable bonds is 8. The van der Waals surface area contributed by atoms with Crippen LogP contribution in [0.2, 0.25) is 5.02 Å². The average Bonchev–Trinajstić information content (AvgIpc) is 3.21. The third-order valence-corrected chi connectivity index (χ3v) is 4.94. The fourth-order valence-corrected chi connectivity index (χ4v) is 3.41. The number of hydrogen-bond acceptors (Lipinski definition) is 5. The molecule has 32 heavy (non-hydrogen) atoms. The smallest absolute Gasteiger partial charge is 0.276 e. The van der Waals surface area contributed by atoms with Gasteiger partial charge in [-0.25, -0.2) is 4.39 Å². The summed E-state index contributed by atoms with van der Waals surface area (Å²) in [6.45, 7) is 7.81. The van der Waals surface area contributed by atoms with Crippen LogP contribution in [0.4, 0.5) is 4.39 Å². The number of aromatic nitrogens is 3. The van der Waals surface area contributed by atoms with Crippen LogP contribution in [0.25, 0.3) is 11.6 Å². The van der Waals surface area contributed by atoms with Gasteiger partial charge in [0, 0.05) is 36.1 Å². The Bertz CT molecular complexity index is 1030. The fourth-order valence-electron chi connectivity index (χ4n) is 2.98. The number of nitrogens with zero attached hydrogens (tertiary/aromatic N) is 4. The SMILES string of the molecule is CCNC(=NCC(C)(C)c1ccc(F)cc1Cl)NCCc1noc(-c2ccccn2)n1.I. The van der Waals surface area contributed by atoms with Crippen LogP contribution in [0.15, 0.2) is 52.1 Å². The molecule has 0 atom stereocenters. The van der Waals surface area contributed by atoms with Gasteiger partial charge in [-0.2, -0.15) is 4.98 Å². The van der Waals surface area contributed by atoms with E-state index >= 15 is 0 Å². The summed E-state index contributed by atoms with van der Waals surface area (Å²) in [6, 6.07) is 9.98. The Hall–Kier alpha value is -2.27. The van der Waals surface area contributed by atoms with E-state index in [9.17, 15) is 4.39 Å². The molecule has 2 aromatic heterocycles. The van der Waals surface area contributed by atoms with Crippen LogP contribution >= 0.6 is 35.6 Å². The summed E-state index contributed by atoms with van der Waals surface area (Å²) in [5, 5.41) is 10.9. The molecule has 3 rings (SSSR count). The molecule has 2 heterocycles. The summed E-state index contributed by atoms with van der Waals surface area (Å²) in [4.78, 5) is 13.3. The highest BCUT2D eigenvalue weighted by molar-refractivity contribution is 14.0. The van der Waals surface area contributed by atoms with Gasteiger partial charge >= 0.3 is 0 Å². The monoisotopic (exact) mass is 572 g/mol. The minimum Gasteiger partial charge on any atom is -0.357 e. The molecule has 0 saturated carbocycles. The van der Waals surface area contributed by atoms with Crippen LogP contribution in [0.5, 0.6) is 0 Å². The van der Waals surface area contributed by atoms with E-state index in [2.05, 4.69) is 30.8 Å². The Kier molecular flexibility index (Phi) is 9.83. The zero-order chi connectivity index (χ0) is 22.3. The van der Waals surface area contributed by atoms with Gasteiger partial charge in [0.2, 0.25) is 0 Å². The first-order chi connectivity index (χ1) is 14.9. The first kappa shape index (κ1) is 26.0. The number of hydrogen-bond donors (Lipinski definition) is 2. The second-order valence-corrected chi connectivity index (χ2v) is 8.02. The number of halogens is 3. The largest absolute Gasteiger partial charge is 0.357 e. The number of pyridine rings is 1. The molecule has 0 unspecified atom stereocenters. The number of benzene rings is 1. The second-order valence-electron chi connectivity index (χ2n) is 7.61. The lowest BCUT2D eigenvalue weighted by Gasteiger charge is -2.25. The van der Waals surface area contributed by atoms with Crippen molar-refractivity contribution in [2.24, 2.45) is 4.99 Å². The van der Waals surface area contributed by atoms with Gasteiger partial charge in [0.25, 0.3) is 5.89 Å². The molecule has 0 fully saturated rings. The molecule has 0 spiro atoms. The number of nitrogens with one attached hydrogen (secondary N) is 2. The lowest BCUT2D eigenvalue weighted by molar-refractivity contribution is 0.421. The van der Waals surface area contributed by atoms with Crippen molar-refractivity contribution in [1.82, 2.24) is 25.8 Å². The predicted octanol–water partition coefficient (Wildman–Crippen LogP) is 4.62. The second kappa shape index (κ2) is 12.1. The van der Waals surface area contributed by atoms with Crippen molar-refractivity contribution in [2.45, 2.75) is 32.6 Å². The van der Waals surface area contributed by atoms with Crippen molar-refractivity contribution in [3.8, 4) is 11.6 Å². The summed E-state index contributed by atoms with van der Waals surface area (Å²) in [7, 11) is 0. The van der Waals surface area contributed by atoms with E-state index in [1.807, 2.05) is 39.0 Å². The van der Waals surface area contributed by atoms with Crippen LogP contribution in [0.3, 0.4) is 0 Å². The number of guanidine groups is 1. The highest BCUT2D eigenvalue weighted by atomic mass is 127. The summed E-state index contributed by atoms with van der Waals surface area (Å²) < 4.78 is 18.7. The lowest BCUT2D eigenvalue weighted by Crippen LogP contribution is -2.39. The summed E-state index contributed by atoms with van der Waals surface area (Å²) in [6.07, 6.45) is 2.24. The zero-order valence-corrected chi connectivity index (χ0v) is 21.3. The fraction of sp³-hybridized carbons (Fsp3) is 0.364. The Morgan fingerprint density at radius 3 is 2.72 bits per heavy atom. The van der Waals surface area contributed by atoms with Gasteiger partial charge in [0.1, 0.15) is 11.5 Å². The van der Waals surface area contributed by atoms with Crippen molar-refractivity contribution in [3.63, 3.8) is 0 Å². The molecule has 0 aliphatic rings. The van der Waals surface area contributed by atoms with Crippen molar-refractivity contribution >= 4 is 41.5 Å². The third kappa shape index (κ3) is 7.13. The summed E-state index contributed by atoms with van der Waals surface area (Å²) in [5.41, 5.74) is 1.13. The van der Waals surface area contributed by atoms with Crippen LogP contribution in [0, 0.1) is 5.82 Å². The van der Waals surface area contributed by atoms with Crippen LogP contribution in [-0.4, -0.2) is 40.7 Å². The van der Waals surface area contributed by atoms with Crippen molar-refractivity contribution in [3.05, 3.63) is 64.8 Å². The Morgan fingerprint density at radius 2 is 2.03 bits per heavy atom. The molecule has 172 valence electrons. The van der Waals surface area contributed by atoms with E-state index in [-0.39, 0.29) is 35.2 Å². The van der Waals surface area contributed by atoms with E-state index in [1.54, 1.807) is 12.3 Å². The van der Waals surface area contributed by atoms with Gasteiger partial charge in [-0.15, -0.1) is 24.0 Å². The minimum atomic E-state index is -0.363. The Balaban J connectivity index is 0.00000363. The van der Waals surface area contributed by atoms with E-state index in [4.69, 9.17) is 16.1 Å². The van der Waals surface area contributed by atoms with E-state index in [0.29, 0.717) is 47.9 Å². The molecule has 0 saturated heterocycles. The molecular weight excluding hydrogens is 546 g/mol. The number of aliphatic imine (C=N–C) groups is 1. The maximum absolute atomic E-state index is 13.4. The van der Waals surface area contributed by atoms with Gasteiger partial charge in [0.05, 0.1) is 6.54 Å². The standard InChI is InChI=1S/C22H26ClFN6O.HI/c1-4-25-21(28-14-22(2,3)16-9-8-15(24)13-17(16)23)27-12-10-19-29-20(31-30-19)18-7-5-6-11-26-18;/h5-9,11,13H,4,10,12,14H2,1-3H3,(H2,25,27,28);1H. The van der Waals surface area contributed by atoms with Gasteiger partial charge in [-0.1, -0.05) is 42.7 Å². The normalized spacial score (nSPS) is 11.7. The summed E-state index contributed by atoms with van der Waals surface area (Å²) in [5.74, 6) is 1.30. The quantitative estimate of drug-likeness (QED) is 0.233. The molecule has 7 nitrogen and oxygen atoms in total. The van der Waals surface area contributed by atoms with E-state index in [0.717, 1.165) is 12.1 Å². The molecule has 10 heteroatoms. The van der Waals surface area contributed by atoms with Crippen LogP contribution in [-0.2, 0) is 11.8 Å². The van der Waals surface area contributed by atoms with Crippen LogP contribution < -0.4 is 10.6 Å².